The Morgan fingerprint density at radius 1 is 1.07 bits per heavy atom. The molecule has 1 heterocycles. The number of hydrogen-bond acceptors (Lipinski definition) is 3. The predicted octanol–water partition coefficient (Wildman–Crippen LogP) is 4.97. The number of ether oxygens (including phenoxy) is 1. The van der Waals surface area contributed by atoms with Crippen LogP contribution in [0.3, 0.4) is 0 Å². The number of aromatic nitrogens is 2. The van der Waals surface area contributed by atoms with E-state index >= 15 is 0 Å². The van der Waals surface area contributed by atoms with E-state index in [1.807, 2.05) is 25.1 Å². The number of fused-ring (bicyclic) bond motifs is 1. The number of benzene rings is 2. The Kier molecular flexibility index (Phi) is 7.89. The second-order valence-corrected chi connectivity index (χ2v) is 7.73. The molecule has 0 atom stereocenters. The van der Waals surface area contributed by atoms with Crippen molar-refractivity contribution >= 4 is 16.9 Å². The second kappa shape index (κ2) is 10.8. The number of para-hydroxylation sites is 2. The van der Waals surface area contributed by atoms with Gasteiger partial charge in [0.05, 0.1) is 17.6 Å². The first-order chi connectivity index (χ1) is 14.6. The maximum absolute atomic E-state index is 11.4. The Bertz CT molecular complexity index is 978. The number of rotatable bonds is 11. The molecule has 0 saturated heterocycles. The van der Waals surface area contributed by atoms with Crippen molar-refractivity contribution in [3.8, 4) is 5.75 Å². The van der Waals surface area contributed by atoms with Crippen molar-refractivity contribution in [2.24, 2.45) is 0 Å². The molecule has 2 aromatic carbocycles. The molecule has 30 heavy (non-hydrogen) atoms. The first-order valence-electron chi connectivity index (χ1n) is 11.0. The summed E-state index contributed by atoms with van der Waals surface area (Å²) >= 11 is 0. The fraction of sp³-hybridized carbons (Fsp3) is 0.440. The summed E-state index contributed by atoms with van der Waals surface area (Å²) in [5.74, 6) is 2.18. The minimum Gasteiger partial charge on any atom is -0.493 e. The number of unbranched alkanes of at least 4 members (excludes halogenated alkanes) is 1. The third-order valence-electron chi connectivity index (χ3n) is 5.54. The Hall–Kier alpha value is -2.82. The fourth-order valence-electron chi connectivity index (χ4n) is 3.60. The molecule has 1 N–H and O–H groups in total. The quantitative estimate of drug-likeness (QED) is 0.457. The van der Waals surface area contributed by atoms with Gasteiger partial charge in [-0.25, -0.2) is 4.98 Å². The standard InChI is InChI=1S/C25H33N3O2/c1-4-25(29)26-16-10-15-24-27-21-12-5-6-13-22(21)28(24)17-7-8-18-30-23-14-9-11-19(2)20(23)3/h5-6,9,11-14H,4,7-8,10,15-18H2,1-3H3,(H,26,29). The number of nitrogens with one attached hydrogen (secondary N) is 1. The monoisotopic (exact) mass is 407 g/mol. The lowest BCUT2D eigenvalue weighted by Gasteiger charge is -2.12. The van der Waals surface area contributed by atoms with E-state index in [1.54, 1.807) is 0 Å². The highest BCUT2D eigenvalue weighted by molar-refractivity contribution is 5.76. The molecule has 3 aromatic rings. The van der Waals surface area contributed by atoms with Gasteiger partial charge in [0.25, 0.3) is 0 Å². The third kappa shape index (κ3) is 5.62. The maximum Gasteiger partial charge on any atom is 0.219 e. The van der Waals surface area contributed by atoms with Crippen molar-refractivity contribution in [2.75, 3.05) is 13.2 Å². The van der Waals surface area contributed by atoms with Crippen molar-refractivity contribution < 1.29 is 9.53 Å². The largest absolute Gasteiger partial charge is 0.493 e. The molecule has 5 nitrogen and oxygen atoms in total. The summed E-state index contributed by atoms with van der Waals surface area (Å²) in [4.78, 5) is 16.3. The molecule has 0 aliphatic carbocycles. The number of carbonyl (C=O) groups is 1. The highest BCUT2D eigenvalue weighted by Crippen LogP contribution is 2.21. The van der Waals surface area contributed by atoms with Crippen molar-refractivity contribution in [1.29, 1.82) is 0 Å². The molecule has 0 aliphatic heterocycles. The molecular formula is C25H33N3O2. The van der Waals surface area contributed by atoms with Gasteiger partial charge < -0.3 is 14.6 Å². The van der Waals surface area contributed by atoms with E-state index in [2.05, 4.69) is 48.0 Å². The molecule has 3 rings (SSSR count). The van der Waals surface area contributed by atoms with E-state index in [-0.39, 0.29) is 5.91 Å². The molecule has 5 heteroatoms. The van der Waals surface area contributed by atoms with Gasteiger partial charge in [-0.05, 0) is 62.4 Å². The molecule has 160 valence electrons. The zero-order valence-electron chi connectivity index (χ0n) is 18.4. The first kappa shape index (κ1) is 21.9. The highest BCUT2D eigenvalue weighted by Gasteiger charge is 2.10. The van der Waals surface area contributed by atoms with Gasteiger partial charge in [-0.2, -0.15) is 0 Å². The lowest BCUT2D eigenvalue weighted by atomic mass is 10.1. The van der Waals surface area contributed by atoms with Crippen LogP contribution in [0, 0.1) is 13.8 Å². The van der Waals surface area contributed by atoms with Gasteiger partial charge in [-0.3, -0.25) is 4.79 Å². The second-order valence-electron chi connectivity index (χ2n) is 7.73. The first-order valence-corrected chi connectivity index (χ1v) is 11.0. The normalized spacial score (nSPS) is 11.0. The third-order valence-corrected chi connectivity index (χ3v) is 5.54. The van der Waals surface area contributed by atoms with E-state index in [9.17, 15) is 4.79 Å². The van der Waals surface area contributed by atoms with E-state index in [0.717, 1.165) is 55.9 Å². The van der Waals surface area contributed by atoms with Crippen LogP contribution in [-0.2, 0) is 17.8 Å². The molecule has 0 fully saturated rings. The van der Waals surface area contributed by atoms with Crippen molar-refractivity contribution in [2.45, 2.75) is 59.4 Å². The van der Waals surface area contributed by atoms with E-state index in [4.69, 9.17) is 9.72 Å². The molecule has 1 aromatic heterocycles. The van der Waals surface area contributed by atoms with Gasteiger partial charge in [0.1, 0.15) is 11.6 Å². The smallest absolute Gasteiger partial charge is 0.219 e. The van der Waals surface area contributed by atoms with Crippen molar-refractivity contribution in [1.82, 2.24) is 14.9 Å². The van der Waals surface area contributed by atoms with Gasteiger partial charge >= 0.3 is 0 Å². The Labute approximate surface area is 179 Å². The highest BCUT2D eigenvalue weighted by atomic mass is 16.5. The van der Waals surface area contributed by atoms with Gasteiger partial charge in [0, 0.05) is 25.9 Å². The Morgan fingerprint density at radius 2 is 1.90 bits per heavy atom. The number of nitrogens with zero attached hydrogens (tertiary/aromatic N) is 2. The summed E-state index contributed by atoms with van der Waals surface area (Å²) in [5.41, 5.74) is 4.70. The summed E-state index contributed by atoms with van der Waals surface area (Å²) in [5, 5.41) is 2.95. The van der Waals surface area contributed by atoms with Gasteiger partial charge in [0.2, 0.25) is 5.91 Å². The number of carbonyl (C=O) groups excluding carboxylic acids is 1. The van der Waals surface area contributed by atoms with Crippen molar-refractivity contribution in [3.63, 3.8) is 0 Å². The number of imidazole rings is 1. The molecular weight excluding hydrogens is 374 g/mol. The van der Waals surface area contributed by atoms with Crippen LogP contribution < -0.4 is 10.1 Å². The average molecular weight is 408 g/mol. The average Bonchev–Trinajstić information content (AvgIpc) is 3.11. The minimum absolute atomic E-state index is 0.104. The predicted molar refractivity (Wildman–Crippen MR) is 122 cm³/mol. The molecule has 0 saturated carbocycles. The van der Waals surface area contributed by atoms with Crippen LogP contribution in [0.25, 0.3) is 11.0 Å². The summed E-state index contributed by atoms with van der Waals surface area (Å²) in [6, 6.07) is 14.5. The lowest BCUT2D eigenvalue weighted by molar-refractivity contribution is -0.120. The zero-order valence-corrected chi connectivity index (χ0v) is 18.4. The van der Waals surface area contributed by atoms with Gasteiger partial charge in [0.15, 0.2) is 0 Å². The zero-order chi connectivity index (χ0) is 21.3. The van der Waals surface area contributed by atoms with Crippen LogP contribution >= 0.6 is 0 Å². The topological polar surface area (TPSA) is 56.2 Å². The van der Waals surface area contributed by atoms with Crippen LogP contribution in [0.5, 0.6) is 5.75 Å². The molecule has 0 aliphatic rings. The maximum atomic E-state index is 11.4. The lowest BCUT2D eigenvalue weighted by Crippen LogP contribution is -2.23. The van der Waals surface area contributed by atoms with E-state index in [0.29, 0.717) is 13.0 Å². The van der Waals surface area contributed by atoms with Crippen LogP contribution in [-0.4, -0.2) is 28.6 Å². The van der Waals surface area contributed by atoms with Crippen molar-refractivity contribution in [3.05, 3.63) is 59.4 Å². The van der Waals surface area contributed by atoms with Crippen LogP contribution in [0.4, 0.5) is 0 Å². The van der Waals surface area contributed by atoms with Gasteiger partial charge in [-0.1, -0.05) is 31.2 Å². The number of aryl methyl sites for hydroxylation is 3. The minimum atomic E-state index is 0.104. The molecule has 0 spiro atoms. The Balaban J connectivity index is 1.55. The van der Waals surface area contributed by atoms with E-state index < -0.39 is 0 Å². The van der Waals surface area contributed by atoms with Crippen LogP contribution in [0.1, 0.15) is 49.6 Å². The van der Waals surface area contributed by atoms with E-state index in [1.165, 1.54) is 16.6 Å². The SMILES string of the molecule is CCC(=O)NCCCc1nc2ccccc2n1CCCCOc1cccc(C)c1C. The van der Waals surface area contributed by atoms with Gasteiger partial charge in [-0.15, -0.1) is 0 Å². The summed E-state index contributed by atoms with van der Waals surface area (Å²) < 4.78 is 8.33. The Morgan fingerprint density at radius 3 is 2.73 bits per heavy atom. The molecule has 1 amide bonds. The fourth-order valence-corrected chi connectivity index (χ4v) is 3.60. The molecule has 0 unspecified atom stereocenters. The van der Waals surface area contributed by atoms with Crippen LogP contribution in [0.2, 0.25) is 0 Å². The molecule has 0 bridgehead atoms. The summed E-state index contributed by atoms with van der Waals surface area (Å²) in [7, 11) is 0. The number of hydrogen-bond donors (Lipinski definition) is 1. The summed E-state index contributed by atoms with van der Waals surface area (Å²) in [6.45, 7) is 8.43. The molecule has 0 radical (unpaired) electrons. The number of amides is 1. The van der Waals surface area contributed by atoms with Crippen LogP contribution in [0.15, 0.2) is 42.5 Å². The summed E-state index contributed by atoms with van der Waals surface area (Å²) in [6.07, 6.45) is 4.31.